The van der Waals surface area contributed by atoms with Gasteiger partial charge in [0.2, 0.25) is 10.0 Å². The molecule has 12 nitrogen and oxygen atoms in total. The van der Waals surface area contributed by atoms with E-state index in [9.17, 15) is 8.42 Å². The van der Waals surface area contributed by atoms with E-state index in [1.54, 1.807) is 54.4 Å². The van der Waals surface area contributed by atoms with Gasteiger partial charge in [-0.2, -0.15) is 4.31 Å². The number of hydrogen-bond acceptors (Lipinski definition) is 10. The first kappa shape index (κ1) is 33.0. The van der Waals surface area contributed by atoms with Crippen LogP contribution in [-0.2, 0) is 27.8 Å². The second kappa shape index (κ2) is 14.4. The first-order valence-corrected chi connectivity index (χ1v) is 16.8. The Morgan fingerprint density at radius 2 is 1.71 bits per heavy atom. The Hall–Kier alpha value is -3.33. The van der Waals surface area contributed by atoms with E-state index >= 15 is 0 Å². The molecular formula is C30H36Cl2N6O6S. The van der Waals surface area contributed by atoms with E-state index in [0.717, 1.165) is 44.5 Å². The molecule has 1 saturated heterocycles. The molecule has 0 saturated carbocycles. The number of hydrogen-bond donors (Lipinski definition) is 1. The summed E-state index contributed by atoms with van der Waals surface area (Å²) in [6, 6.07) is 10.4. The normalized spacial score (nSPS) is 14.2. The van der Waals surface area contributed by atoms with E-state index in [2.05, 4.69) is 15.2 Å². The number of ether oxygens (including phenoxy) is 4. The minimum absolute atomic E-state index is 0.00651. The quantitative estimate of drug-likeness (QED) is 0.203. The van der Waals surface area contributed by atoms with Gasteiger partial charge in [-0.05, 0) is 23.8 Å². The Kier molecular flexibility index (Phi) is 10.6. The third-order valence-corrected chi connectivity index (χ3v) is 9.34. The maximum atomic E-state index is 12.9. The first-order valence-electron chi connectivity index (χ1n) is 14.2. The molecule has 5 rings (SSSR count). The summed E-state index contributed by atoms with van der Waals surface area (Å²) in [6.45, 7) is 4.80. The third kappa shape index (κ3) is 7.74. The van der Waals surface area contributed by atoms with Gasteiger partial charge in [0.1, 0.15) is 28.1 Å². The molecular weight excluding hydrogens is 643 g/mol. The maximum absolute atomic E-state index is 12.9. The smallest absolute Gasteiger partial charge is 0.211 e. The fraction of sp³-hybridized carbons (Fsp3) is 0.400. The Labute approximate surface area is 272 Å². The number of nitrogens with zero attached hydrogens (tertiary/aromatic N) is 5. The zero-order valence-corrected chi connectivity index (χ0v) is 27.9. The highest BCUT2D eigenvalue weighted by Gasteiger charge is 2.24. The van der Waals surface area contributed by atoms with Crippen LogP contribution in [0.25, 0.3) is 16.6 Å². The first-order chi connectivity index (χ1) is 21.6. The second-order valence-electron chi connectivity index (χ2n) is 10.5. The molecule has 3 heterocycles. The average molecular weight is 680 g/mol. The number of sulfonamides is 1. The number of pyridine rings is 1. The number of aromatic nitrogens is 3. The van der Waals surface area contributed by atoms with Crippen LogP contribution in [0.1, 0.15) is 11.1 Å². The molecule has 0 atom stereocenters. The van der Waals surface area contributed by atoms with Crippen LogP contribution < -0.4 is 19.5 Å². The number of rotatable bonds is 13. The van der Waals surface area contributed by atoms with Gasteiger partial charge in [0.05, 0.1) is 51.7 Å². The topological polar surface area (TPSA) is 120 Å². The van der Waals surface area contributed by atoms with Gasteiger partial charge in [0.25, 0.3) is 0 Å². The molecule has 0 unspecified atom stereocenters. The van der Waals surface area contributed by atoms with Gasteiger partial charge in [-0.3, -0.25) is 4.90 Å². The molecule has 1 aliphatic rings. The highest BCUT2D eigenvalue weighted by molar-refractivity contribution is 7.88. The molecule has 0 spiro atoms. The lowest BCUT2D eigenvalue weighted by atomic mass is 10.1. The van der Waals surface area contributed by atoms with Crippen molar-refractivity contribution >= 4 is 49.9 Å². The Morgan fingerprint density at radius 3 is 2.40 bits per heavy atom. The molecule has 0 radical (unpaired) electrons. The van der Waals surface area contributed by atoms with E-state index in [0.29, 0.717) is 62.1 Å². The SMILES string of the molecule is COc1ccc(CN(Cc2cc(OC)c(-n3nc(NCCN4CCOCC4)c4cnc(Cl)cc43)cc2Cl)S(C)(=O)=O)c(OC)c1. The number of anilines is 1. The van der Waals surface area contributed by atoms with E-state index < -0.39 is 10.0 Å². The highest BCUT2D eigenvalue weighted by atomic mass is 35.5. The van der Waals surface area contributed by atoms with Crippen molar-refractivity contribution in [1.29, 1.82) is 0 Å². The number of benzene rings is 2. The van der Waals surface area contributed by atoms with E-state index in [1.165, 1.54) is 18.5 Å². The predicted molar refractivity (Wildman–Crippen MR) is 175 cm³/mol. The van der Waals surface area contributed by atoms with Crippen LogP contribution in [0.5, 0.6) is 17.2 Å². The zero-order valence-electron chi connectivity index (χ0n) is 25.5. The minimum atomic E-state index is -3.66. The van der Waals surface area contributed by atoms with Crippen molar-refractivity contribution in [2.75, 3.05) is 72.3 Å². The van der Waals surface area contributed by atoms with Crippen LogP contribution in [0.3, 0.4) is 0 Å². The summed E-state index contributed by atoms with van der Waals surface area (Å²) in [4.78, 5) is 6.60. The maximum Gasteiger partial charge on any atom is 0.211 e. The molecule has 2 aromatic heterocycles. The van der Waals surface area contributed by atoms with Crippen molar-refractivity contribution in [3.05, 3.63) is 63.9 Å². The molecule has 4 aromatic rings. The average Bonchev–Trinajstić information content (AvgIpc) is 3.38. The zero-order chi connectivity index (χ0) is 32.1. The standard InChI is InChI=1S/C30H36Cl2N6O6S/c1-41-22-6-5-20(27(14-22)42-2)18-37(45(4,39)40)19-21-13-28(43-3)26(15-24(21)31)38-25-16-29(32)34-17-23(25)30(35-38)33-7-8-36-9-11-44-12-10-36/h5-6,13-17H,7-12,18-19H2,1-4H3,(H,33,35). The number of fused-ring (bicyclic) bond motifs is 1. The van der Waals surface area contributed by atoms with E-state index in [4.69, 9.17) is 47.2 Å². The largest absolute Gasteiger partial charge is 0.497 e. The van der Waals surface area contributed by atoms with Crippen molar-refractivity contribution in [2.24, 2.45) is 0 Å². The fourth-order valence-corrected chi connectivity index (χ4v) is 6.26. The van der Waals surface area contributed by atoms with Crippen LogP contribution in [0.15, 0.2) is 42.6 Å². The van der Waals surface area contributed by atoms with Crippen LogP contribution in [0, 0.1) is 0 Å². The minimum Gasteiger partial charge on any atom is -0.497 e. The number of halogens is 2. The molecule has 242 valence electrons. The van der Waals surface area contributed by atoms with Crippen LogP contribution in [0.4, 0.5) is 5.82 Å². The summed E-state index contributed by atoms with van der Waals surface area (Å²) in [7, 11) is 0.956. The number of morpholine rings is 1. The van der Waals surface area contributed by atoms with Gasteiger partial charge in [-0.25, -0.2) is 18.1 Å². The summed E-state index contributed by atoms with van der Waals surface area (Å²) in [5, 5.41) is 9.70. The summed E-state index contributed by atoms with van der Waals surface area (Å²) < 4.78 is 50.9. The predicted octanol–water partition coefficient (Wildman–Crippen LogP) is 4.46. The van der Waals surface area contributed by atoms with Crippen LogP contribution in [0.2, 0.25) is 10.2 Å². The van der Waals surface area contributed by atoms with Crippen molar-refractivity contribution in [1.82, 2.24) is 24.0 Å². The van der Waals surface area contributed by atoms with Crippen LogP contribution >= 0.6 is 23.2 Å². The molecule has 0 bridgehead atoms. The summed E-state index contributed by atoms with van der Waals surface area (Å²) >= 11 is 13.1. The van der Waals surface area contributed by atoms with Gasteiger partial charge in [0.15, 0.2) is 5.82 Å². The Bertz CT molecular complexity index is 1760. The third-order valence-electron chi connectivity index (χ3n) is 7.59. The van der Waals surface area contributed by atoms with Crippen molar-refractivity contribution in [2.45, 2.75) is 13.1 Å². The lowest BCUT2D eigenvalue weighted by Crippen LogP contribution is -2.39. The van der Waals surface area contributed by atoms with Crippen molar-refractivity contribution < 1.29 is 27.4 Å². The molecule has 0 aliphatic carbocycles. The molecule has 0 amide bonds. The molecule has 1 N–H and O–H groups in total. The Morgan fingerprint density at radius 1 is 0.978 bits per heavy atom. The number of methoxy groups -OCH3 is 3. The highest BCUT2D eigenvalue weighted by Crippen LogP contribution is 2.36. The van der Waals surface area contributed by atoms with Gasteiger partial charge in [-0.1, -0.05) is 29.3 Å². The monoisotopic (exact) mass is 678 g/mol. The summed E-state index contributed by atoms with van der Waals surface area (Å²) in [5.41, 5.74) is 2.48. The molecule has 2 aromatic carbocycles. The van der Waals surface area contributed by atoms with E-state index in [1.807, 2.05) is 0 Å². The summed E-state index contributed by atoms with van der Waals surface area (Å²) in [5.74, 6) is 2.20. The van der Waals surface area contributed by atoms with Gasteiger partial charge >= 0.3 is 0 Å². The lowest BCUT2D eigenvalue weighted by Gasteiger charge is -2.26. The second-order valence-corrected chi connectivity index (χ2v) is 13.3. The molecule has 15 heteroatoms. The fourth-order valence-electron chi connectivity index (χ4n) is 5.15. The molecule has 1 aliphatic heterocycles. The number of nitrogens with one attached hydrogen (secondary N) is 1. The van der Waals surface area contributed by atoms with Gasteiger partial charge < -0.3 is 24.3 Å². The summed E-state index contributed by atoms with van der Waals surface area (Å²) in [6.07, 6.45) is 2.84. The van der Waals surface area contributed by atoms with Crippen molar-refractivity contribution in [3.63, 3.8) is 0 Å². The lowest BCUT2D eigenvalue weighted by molar-refractivity contribution is 0.0398. The Balaban J connectivity index is 1.45. The van der Waals surface area contributed by atoms with E-state index in [-0.39, 0.29) is 13.1 Å². The van der Waals surface area contributed by atoms with Crippen molar-refractivity contribution in [3.8, 4) is 22.9 Å². The van der Waals surface area contributed by atoms with Crippen LogP contribution in [-0.4, -0.2) is 99.4 Å². The molecule has 45 heavy (non-hydrogen) atoms. The van der Waals surface area contributed by atoms with Gasteiger partial charge in [0, 0.05) is 68.2 Å². The molecule has 1 fully saturated rings. The van der Waals surface area contributed by atoms with Gasteiger partial charge in [-0.15, -0.1) is 5.10 Å².